The van der Waals surface area contributed by atoms with E-state index in [4.69, 9.17) is 10.5 Å². The molecule has 0 saturated carbocycles. The molecule has 1 unspecified atom stereocenters. The van der Waals surface area contributed by atoms with Crippen molar-refractivity contribution < 1.29 is 4.74 Å². The third-order valence-corrected chi connectivity index (χ3v) is 2.18. The minimum absolute atomic E-state index is 0.150. The molecule has 1 aromatic rings. The van der Waals surface area contributed by atoms with Gasteiger partial charge in [0.25, 0.3) is 0 Å². The van der Waals surface area contributed by atoms with Crippen LogP contribution >= 0.6 is 0 Å². The molecular formula is C12H20N2O. The van der Waals surface area contributed by atoms with Crippen molar-refractivity contribution in [3.63, 3.8) is 0 Å². The molecule has 0 aromatic carbocycles. The van der Waals surface area contributed by atoms with E-state index in [0.29, 0.717) is 0 Å². The zero-order valence-corrected chi connectivity index (χ0v) is 9.36. The minimum atomic E-state index is 0.150. The van der Waals surface area contributed by atoms with Gasteiger partial charge in [-0.3, -0.25) is 4.98 Å². The Morgan fingerprint density at radius 3 is 2.93 bits per heavy atom. The first-order valence-corrected chi connectivity index (χ1v) is 5.56. The smallest absolute Gasteiger partial charge is 0.0480 e. The lowest BCUT2D eigenvalue weighted by Crippen LogP contribution is -2.25. The van der Waals surface area contributed by atoms with E-state index in [2.05, 4.69) is 11.9 Å². The van der Waals surface area contributed by atoms with Gasteiger partial charge in [-0.1, -0.05) is 13.0 Å². The molecule has 0 fully saturated rings. The number of hydrogen-bond acceptors (Lipinski definition) is 3. The fourth-order valence-corrected chi connectivity index (χ4v) is 1.37. The van der Waals surface area contributed by atoms with E-state index < -0.39 is 0 Å². The van der Waals surface area contributed by atoms with Crippen LogP contribution in [0.1, 0.15) is 25.5 Å². The molecule has 84 valence electrons. The molecule has 15 heavy (non-hydrogen) atoms. The summed E-state index contributed by atoms with van der Waals surface area (Å²) in [6.07, 6.45) is 4.60. The number of hydrogen-bond donors (Lipinski definition) is 1. The lowest BCUT2D eigenvalue weighted by molar-refractivity contribution is 0.127. The Hall–Kier alpha value is -0.930. The molecule has 0 aliphatic rings. The predicted molar refractivity (Wildman–Crippen MR) is 61.6 cm³/mol. The molecule has 1 atom stereocenters. The maximum Gasteiger partial charge on any atom is 0.0480 e. The van der Waals surface area contributed by atoms with Gasteiger partial charge in [0, 0.05) is 37.6 Å². The van der Waals surface area contributed by atoms with Crippen molar-refractivity contribution in [2.24, 2.45) is 5.73 Å². The summed E-state index contributed by atoms with van der Waals surface area (Å²) < 4.78 is 5.39. The summed E-state index contributed by atoms with van der Waals surface area (Å²) in [5.74, 6) is 0. The number of nitrogens with zero attached hydrogens (tertiary/aromatic N) is 1. The molecule has 3 nitrogen and oxygen atoms in total. The number of aromatic nitrogens is 1. The van der Waals surface area contributed by atoms with Crippen LogP contribution in [0.4, 0.5) is 0 Å². The van der Waals surface area contributed by atoms with Gasteiger partial charge >= 0.3 is 0 Å². The van der Waals surface area contributed by atoms with Gasteiger partial charge in [0.2, 0.25) is 0 Å². The largest absolute Gasteiger partial charge is 0.381 e. The standard InChI is InChI=1S/C12H20N2O/c1-2-8-15-9-6-11(13)10-12-5-3-4-7-14-12/h3-5,7,11H,2,6,8-10,13H2,1H3. The van der Waals surface area contributed by atoms with Gasteiger partial charge in [0.15, 0.2) is 0 Å². The summed E-state index contributed by atoms with van der Waals surface area (Å²) in [5.41, 5.74) is 7.02. The van der Waals surface area contributed by atoms with Crippen molar-refractivity contribution in [2.45, 2.75) is 32.2 Å². The second kappa shape index (κ2) is 7.37. The molecular weight excluding hydrogens is 188 g/mol. The lowest BCUT2D eigenvalue weighted by atomic mass is 10.1. The molecule has 1 heterocycles. The maximum atomic E-state index is 5.97. The first-order chi connectivity index (χ1) is 7.33. The van der Waals surface area contributed by atoms with Crippen LogP contribution in [0.5, 0.6) is 0 Å². The van der Waals surface area contributed by atoms with Gasteiger partial charge in [-0.25, -0.2) is 0 Å². The monoisotopic (exact) mass is 208 g/mol. The quantitative estimate of drug-likeness (QED) is 0.695. The van der Waals surface area contributed by atoms with Crippen LogP contribution < -0.4 is 5.73 Å². The summed E-state index contributed by atoms with van der Waals surface area (Å²) >= 11 is 0. The van der Waals surface area contributed by atoms with Crippen molar-refractivity contribution >= 4 is 0 Å². The molecule has 1 aromatic heterocycles. The predicted octanol–water partition coefficient (Wildman–Crippen LogP) is 1.77. The normalized spacial score (nSPS) is 12.7. The third kappa shape index (κ3) is 5.50. The molecule has 0 amide bonds. The molecule has 0 radical (unpaired) electrons. The van der Waals surface area contributed by atoms with Gasteiger partial charge in [-0.2, -0.15) is 0 Å². The molecule has 0 bridgehead atoms. The average Bonchev–Trinajstić information content (AvgIpc) is 2.26. The van der Waals surface area contributed by atoms with Gasteiger partial charge < -0.3 is 10.5 Å². The van der Waals surface area contributed by atoms with E-state index in [-0.39, 0.29) is 6.04 Å². The minimum Gasteiger partial charge on any atom is -0.381 e. The molecule has 0 spiro atoms. The third-order valence-electron chi connectivity index (χ3n) is 2.18. The Morgan fingerprint density at radius 1 is 1.40 bits per heavy atom. The molecule has 0 aliphatic carbocycles. The molecule has 0 saturated heterocycles. The summed E-state index contributed by atoms with van der Waals surface area (Å²) in [7, 11) is 0. The Bertz CT molecular complexity index is 251. The van der Waals surface area contributed by atoms with Crippen LogP contribution in [0.2, 0.25) is 0 Å². The van der Waals surface area contributed by atoms with Crippen molar-refractivity contribution in [3.05, 3.63) is 30.1 Å². The zero-order chi connectivity index (χ0) is 10.9. The molecule has 1 rings (SSSR count). The van der Waals surface area contributed by atoms with Crippen molar-refractivity contribution in [1.29, 1.82) is 0 Å². The first kappa shape index (κ1) is 12.1. The van der Waals surface area contributed by atoms with Gasteiger partial charge in [0.1, 0.15) is 0 Å². The highest BCUT2D eigenvalue weighted by Crippen LogP contribution is 2.01. The molecule has 3 heteroatoms. The number of ether oxygens (including phenoxy) is 1. The van der Waals surface area contributed by atoms with Crippen molar-refractivity contribution in [3.8, 4) is 0 Å². The van der Waals surface area contributed by atoms with Crippen LogP contribution in [0.3, 0.4) is 0 Å². The van der Waals surface area contributed by atoms with Crippen LogP contribution in [-0.2, 0) is 11.2 Å². The lowest BCUT2D eigenvalue weighted by Gasteiger charge is -2.10. The topological polar surface area (TPSA) is 48.1 Å². The maximum absolute atomic E-state index is 5.97. The van der Waals surface area contributed by atoms with E-state index in [0.717, 1.165) is 38.2 Å². The van der Waals surface area contributed by atoms with E-state index in [1.54, 1.807) is 6.20 Å². The Labute approximate surface area is 91.7 Å². The van der Waals surface area contributed by atoms with Crippen LogP contribution in [-0.4, -0.2) is 24.2 Å². The number of pyridine rings is 1. The van der Waals surface area contributed by atoms with Crippen LogP contribution in [0.25, 0.3) is 0 Å². The summed E-state index contributed by atoms with van der Waals surface area (Å²) in [5, 5.41) is 0. The summed E-state index contributed by atoms with van der Waals surface area (Å²) in [4.78, 5) is 4.24. The van der Waals surface area contributed by atoms with Crippen molar-refractivity contribution in [1.82, 2.24) is 4.98 Å². The zero-order valence-electron chi connectivity index (χ0n) is 9.36. The van der Waals surface area contributed by atoms with E-state index in [1.807, 2.05) is 18.2 Å². The highest BCUT2D eigenvalue weighted by molar-refractivity contribution is 5.04. The van der Waals surface area contributed by atoms with E-state index >= 15 is 0 Å². The highest BCUT2D eigenvalue weighted by Gasteiger charge is 2.04. The van der Waals surface area contributed by atoms with Gasteiger partial charge in [-0.15, -0.1) is 0 Å². The second-order valence-electron chi connectivity index (χ2n) is 3.69. The molecule has 2 N–H and O–H groups in total. The Morgan fingerprint density at radius 2 is 2.27 bits per heavy atom. The SMILES string of the molecule is CCCOCCC(N)Cc1ccccn1. The van der Waals surface area contributed by atoms with Crippen molar-refractivity contribution in [2.75, 3.05) is 13.2 Å². The Kier molecular flexibility index (Phi) is 5.97. The number of nitrogens with two attached hydrogens (primary N) is 1. The number of rotatable bonds is 7. The van der Waals surface area contributed by atoms with E-state index in [9.17, 15) is 0 Å². The van der Waals surface area contributed by atoms with E-state index in [1.165, 1.54) is 0 Å². The fourth-order valence-electron chi connectivity index (χ4n) is 1.37. The van der Waals surface area contributed by atoms with Crippen LogP contribution in [0.15, 0.2) is 24.4 Å². The second-order valence-corrected chi connectivity index (χ2v) is 3.69. The van der Waals surface area contributed by atoms with Crippen LogP contribution in [0, 0.1) is 0 Å². The summed E-state index contributed by atoms with van der Waals surface area (Å²) in [6.45, 7) is 3.69. The molecule has 0 aliphatic heterocycles. The van der Waals surface area contributed by atoms with Gasteiger partial charge in [0.05, 0.1) is 0 Å². The average molecular weight is 208 g/mol. The fraction of sp³-hybridized carbons (Fsp3) is 0.583. The highest BCUT2D eigenvalue weighted by atomic mass is 16.5. The first-order valence-electron chi connectivity index (χ1n) is 5.56. The Balaban J connectivity index is 2.16. The van der Waals surface area contributed by atoms with Gasteiger partial charge in [-0.05, 0) is 25.0 Å². The summed E-state index contributed by atoms with van der Waals surface area (Å²) in [6, 6.07) is 6.06.